The maximum absolute atomic E-state index is 11.8. The zero-order valence-corrected chi connectivity index (χ0v) is 13.3. The highest BCUT2D eigenvalue weighted by Crippen LogP contribution is 2.20. The lowest BCUT2D eigenvalue weighted by molar-refractivity contribution is -0.124. The van der Waals surface area contributed by atoms with Gasteiger partial charge in [0.1, 0.15) is 11.5 Å². The van der Waals surface area contributed by atoms with Gasteiger partial charge in [-0.3, -0.25) is 9.59 Å². The van der Waals surface area contributed by atoms with E-state index in [-0.39, 0.29) is 24.7 Å². The van der Waals surface area contributed by atoms with Crippen molar-refractivity contribution in [3.05, 3.63) is 53.4 Å². The van der Waals surface area contributed by atoms with E-state index in [1.54, 1.807) is 43.3 Å². The first kappa shape index (κ1) is 16.8. The molecule has 0 aliphatic heterocycles. The molecule has 23 heavy (non-hydrogen) atoms. The molecule has 6 nitrogen and oxygen atoms in total. The molecule has 0 fully saturated rings. The molecule has 1 aromatic carbocycles. The summed E-state index contributed by atoms with van der Waals surface area (Å²) < 4.78 is 5.14. The first-order valence-electron chi connectivity index (χ1n) is 6.97. The van der Waals surface area contributed by atoms with Crippen molar-refractivity contribution in [1.29, 1.82) is 0 Å². The SMILES string of the molecule is C/C(=N\NC(=O)CCC(=O)Nc1ccccc1Cl)c1ccco1. The van der Waals surface area contributed by atoms with Gasteiger partial charge >= 0.3 is 0 Å². The third-order valence-electron chi connectivity index (χ3n) is 2.95. The number of anilines is 1. The number of hydrogen-bond acceptors (Lipinski definition) is 4. The molecule has 0 spiro atoms. The molecule has 0 bridgehead atoms. The predicted octanol–water partition coefficient (Wildman–Crippen LogP) is 3.19. The van der Waals surface area contributed by atoms with Crippen molar-refractivity contribution in [2.45, 2.75) is 19.8 Å². The lowest BCUT2D eigenvalue weighted by Crippen LogP contribution is -2.21. The number of nitrogens with zero attached hydrogens (tertiary/aromatic N) is 1. The molecular formula is C16H16ClN3O3. The van der Waals surface area contributed by atoms with Gasteiger partial charge in [0.05, 0.1) is 17.0 Å². The fourth-order valence-electron chi connectivity index (χ4n) is 1.74. The van der Waals surface area contributed by atoms with Crippen LogP contribution in [-0.4, -0.2) is 17.5 Å². The fourth-order valence-corrected chi connectivity index (χ4v) is 1.93. The van der Waals surface area contributed by atoms with E-state index >= 15 is 0 Å². The summed E-state index contributed by atoms with van der Waals surface area (Å²) in [6.45, 7) is 1.71. The molecule has 0 aliphatic carbocycles. The lowest BCUT2D eigenvalue weighted by Gasteiger charge is -2.06. The van der Waals surface area contributed by atoms with Crippen LogP contribution in [0.2, 0.25) is 5.02 Å². The van der Waals surface area contributed by atoms with Gasteiger partial charge in [0.15, 0.2) is 0 Å². The largest absolute Gasteiger partial charge is 0.463 e. The smallest absolute Gasteiger partial charge is 0.240 e. The first-order valence-corrected chi connectivity index (χ1v) is 7.35. The molecule has 0 aliphatic rings. The number of hydrogen-bond donors (Lipinski definition) is 2. The summed E-state index contributed by atoms with van der Waals surface area (Å²) >= 11 is 5.94. The van der Waals surface area contributed by atoms with Gasteiger partial charge in [0, 0.05) is 12.8 Å². The van der Waals surface area contributed by atoms with Gasteiger partial charge in [-0.25, -0.2) is 5.43 Å². The Balaban J connectivity index is 1.77. The molecule has 2 amide bonds. The second-order valence-electron chi connectivity index (χ2n) is 4.74. The molecule has 0 atom stereocenters. The molecule has 1 aromatic heterocycles. The molecule has 2 aromatic rings. The van der Waals surface area contributed by atoms with Gasteiger partial charge in [0.25, 0.3) is 0 Å². The minimum atomic E-state index is -0.356. The highest BCUT2D eigenvalue weighted by Gasteiger charge is 2.09. The molecule has 0 saturated heterocycles. The Labute approximate surface area is 138 Å². The predicted molar refractivity (Wildman–Crippen MR) is 88.4 cm³/mol. The number of nitrogens with one attached hydrogen (secondary N) is 2. The molecule has 1 heterocycles. The van der Waals surface area contributed by atoms with Crippen LogP contribution >= 0.6 is 11.6 Å². The van der Waals surface area contributed by atoms with Crippen molar-refractivity contribution in [2.24, 2.45) is 5.10 Å². The van der Waals surface area contributed by atoms with Crippen LogP contribution in [0.4, 0.5) is 5.69 Å². The minimum absolute atomic E-state index is 0.0191. The van der Waals surface area contributed by atoms with Crippen LogP contribution in [0.15, 0.2) is 52.2 Å². The molecule has 0 radical (unpaired) electrons. The Kier molecular flexibility index (Phi) is 5.94. The standard InChI is InChI=1S/C16H16ClN3O3/c1-11(14-7-4-10-23-14)19-20-16(22)9-8-15(21)18-13-6-3-2-5-12(13)17/h2-7,10H,8-9H2,1H3,(H,18,21)(H,20,22)/b19-11+. The number of rotatable bonds is 6. The monoisotopic (exact) mass is 333 g/mol. The highest BCUT2D eigenvalue weighted by molar-refractivity contribution is 6.33. The minimum Gasteiger partial charge on any atom is -0.463 e. The maximum Gasteiger partial charge on any atom is 0.240 e. The Bertz CT molecular complexity index is 711. The average molecular weight is 334 g/mol. The maximum atomic E-state index is 11.8. The number of furan rings is 1. The second-order valence-corrected chi connectivity index (χ2v) is 5.14. The molecule has 0 saturated carbocycles. The van der Waals surface area contributed by atoms with E-state index in [1.807, 2.05) is 0 Å². The zero-order valence-electron chi connectivity index (χ0n) is 12.5. The van der Waals surface area contributed by atoms with Gasteiger partial charge in [0.2, 0.25) is 11.8 Å². The zero-order chi connectivity index (χ0) is 16.7. The quantitative estimate of drug-likeness (QED) is 0.629. The summed E-state index contributed by atoms with van der Waals surface area (Å²) in [6.07, 6.45) is 1.58. The summed E-state index contributed by atoms with van der Waals surface area (Å²) in [4.78, 5) is 23.5. The molecule has 120 valence electrons. The molecule has 2 N–H and O–H groups in total. The van der Waals surface area contributed by atoms with Crippen molar-refractivity contribution in [3.63, 3.8) is 0 Å². The number of carbonyl (C=O) groups is 2. The van der Waals surface area contributed by atoms with E-state index in [2.05, 4.69) is 15.8 Å². The van der Waals surface area contributed by atoms with E-state index in [9.17, 15) is 9.59 Å². The van der Waals surface area contributed by atoms with Gasteiger partial charge < -0.3 is 9.73 Å². The number of hydrazone groups is 1. The Morgan fingerprint density at radius 1 is 1.13 bits per heavy atom. The Morgan fingerprint density at radius 2 is 1.87 bits per heavy atom. The van der Waals surface area contributed by atoms with Crippen LogP contribution < -0.4 is 10.7 Å². The topological polar surface area (TPSA) is 83.7 Å². The van der Waals surface area contributed by atoms with Crippen LogP contribution in [0.1, 0.15) is 25.5 Å². The van der Waals surface area contributed by atoms with Gasteiger partial charge in [-0.15, -0.1) is 0 Å². The first-order chi connectivity index (χ1) is 11.1. The summed E-state index contributed by atoms with van der Waals surface area (Å²) in [5.41, 5.74) is 3.45. The summed E-state index contributed by atoms with van der Waals surface area (Å²) in [5.74, 6) is -0.0769. The van der Waals surface area contributed by atoms with Crippen molar-refractivity contribution in [3.8, 4) is 0 Å². The van der Waals surface area contributed by atoms with E-state index in [0.717, 1.165) is 0 Å². The number of para-hydroxylation sites is 1. The number of halogens is 1. The molecular weight excluding hydrogens is 318 g/mol. The average Bonchev–Trinajstić information content (AvgIpc) is 3.07. The number of carbonyl (C=O) groups excluding carboxylic acids is 2. The number of benzene rings is 1. The van der Waals surface area contributed by atoms with Gasteiger partial charge in [-0.05, 0) is 31.2 Å². The van der Waals surface area contributed by atoms with Crippen LogP contribution in [-0.2, 0) is 9.59 Å². The van der Waals surface area contributed by atoms with E-state index in [1.165, 1.54) is 6.26 Å². The molecule has 0 unspecified atom stereocenters. The van der Waals surface area contributed by atoms with Crippen molar-refractivity contribution < 1.29 is 14.0 Å². The van der Waals surface area contributed by atoms with Crippen LogP contribution in [0.3, 0.4) is 0 Å². The van der Waals surface area contributed by atoms with E-state index in [0.29, 0.717) is 22.2 Å². The highest BCUT2D eigenvalue weighted by atomic mass is 35.5. The van der Waals surface area contributed by atoms with Crippen LogP contribution in [0, 0.1) is 0 Å². The Hall–Kier alpha value is -2.60. The third-order valence-corrected chi connectivity index (χ3v) is 3.28. The van der Waals surface area contributed by atoms with Crippen LogP contribution in [0.5, 0.6) is 0 Å². The fraction of sp³-hybridized carbons (Fsp3) is 0.188. The van der Waals surface area contributed by atoms with E-state index in [4.69, 9.17) is 16.0 Å². The third kappa shape index (κ3) is 5.27. The number of amides is 2. The van der Waals surface area contributed by atoms with Crippen molar-refractivity contribution >= 4 is 34.8 Å². The van der Waals surface area contributed by atoms with Gasteiger partial charge in [-0.1, -0.05) is 23.7 Å². The molecule has 7 heteroatoms. The lowest BCUT2D eigenvalue weighted by atomic mass is 10.2. The normalized spacial score (nSPS) is 11.1. The van der Waals surface area contributed by atoms with Crippen molar-refractivity contribution in [1.82, 2.24) is 5.43 Å². The summed E-state index contributed by atoms with van der Waals surface area (Å²) in [6, 6.07) is 10.4. The molecule has 2 rings (SSSR count). The second kappa shape index (κ2) is 8.14. The van der Waals surface area contributed by atoms with Crippen molar-refractivity contribution in [2.75, 3.05) is 5.32 Å². The van der Waals surface area contributed by atoms with Crippen LogP contribution in [0.25, 0.3) is 0 Å². The summed E-state index contributed by atoms with van der Waals surface area (Å²) in [7, 11) is 0. The van der Waals surface area contributed by atoms with E-state index < -0.39 is 0 Å². The summed E-state index contributed by atoms with van der Waals surface area (Å²) in [5, 5.41) is 7.01. The van der Waals surface area contributed by atoms with Gasteiger partial charge in [-0.2, -0.15) is 5.10 Å². The Morgan fingerprint density at radius 3 is 2.57 bits per heavy atom.